The maximum absolute atomic E-state index is 12.1. The van der Waals surface area contributed by atoms with Crippen molar-refractivity contribution in [3.8, 4) is 0 Å². The molecule has 5 heteroatoms. The molecule has 24 heavy (non-hydrogen) atoms. The molecule has 0 aliphatic carbocycles. The van der Waals surface area contributed by atoms with Crippen molar-refractivity contribution in [2.75, 3.05) is 17.7 Å². The molecule has 2 rings (SSSR count). The second kappa shape index (κ2) is 7.64. The lowest BCUT2D eigenvalue weighted by Gasteiger charge is -2.16. The molecular weight excluding hydrogens is 304 g/mol. The summed E-state index contributed by atoms with van der Waals surface area (Å²) >= 11 is 0. The number of amides is 1. The van der Waals surface area contributed by atoms with Gasteiger partial charge in [0.25, 0.3) is 5.91 Å². The largest absolute Gasteiger partial charge is 0.452 e. The number of aryl methyl sites for hydroxylation is 1. The Balaban J connectivity index is 2.02. The average Bonchev–Trinajstić information content (AvgIpc) is 2.54. The van der Waals surface area contributed by atoms with Crippen LogP contribution >= 0.6 is 0 Å². The van der Waals surface area contributed by atoms with Gasteiger partial charge in [-0.05, 0) is 36.1 Å². The van der Waals surface area contributed by atoms with Gasteiger partial charge in [-0.3, -0.25) is 4.79 Å². The van der Waals surface area contributed by atoms with Gasteiger partial charge in [-0.2, -0.15) is 0 Å². The van der Waals surface area contributed by atoms with E-state index in [2.05, 4.69) is 19.2 Å². The van der Waals surface area contributed by atoms with Gasteiger partial charge in [0.15, 0.2) is 6.61 Å². The standard InChI is InChI=1S/C19H22N2O3/c1-12(2)14-9-6-7-13(3)18(14)21-17(22)11-24-19(23)15-8-4-5-10-16(15)20/h4-10,12H,11,20H2,1-3H3,(H,21,22). The molecule has 0 radical (unpaired) electrons. The number of benzene rings is 2. The Bertz CT molecular complexity index is 754. The average molecular weight is 326 g/mol. The molecular formula is C19H22N2O3. The quantitative estimate of drug-likeness (QED) is 0.651. The van der Waals surface area contributed by atoms with Gasteiger partial charge in [-0.1, -0.05) is 44.2 Å². The third-order valence-corrected chi connectivity index (χ3v) is 3.71. The van der Waals surface area contributed by atoms with Gasteiger partial charge in [0.2, 0.25) is 0 Å². The van der Waals surface area contributed by atoms with Crippen LogP contribution in [0.5, 0.6) is 0 Å². The van der Waals surface area contributed by atoms with Crippen LogP contribution in [0.1, 0.15) is 41.3 Å². The van der Waals surface area contributed by atoms with Crippen molar-refractivity contribution in [1.29, 1.82) is 0 Å². The van der Waals surface area contributed by atoms with Crippen molar-refractivity contribution in [1.82, 2.24) is 0 Å². The van der Waals surface area contributed by atoms with Crippen molar-refractivity contribution in [3.05, 3.63) is 59.2 Å². The minimum absolute atomic E-state index is 0.254. The molecule has 0 heterocycles. The van der Waals surface area contributed by atoms with Gasteiger partial charge < -0.3 is 15.8 Å². The number of carbonyl (C=O) groups excluding carboxylic acids is 2. The molecule has 0 fully saturated rings. The molecule has 0 spiro atoms. The van der Waals surface area contributed by atoms with E-state index in [0.29, 0.717) is 5.69 Å². The van der Waals surface area contributed by atoms with Gasteiger partial charge in [0.05, 0.1) is 5.56 Å². The Hall–Kier alpha value is -2.82. The van der Waals surface area contributed by atoms with Crippen LogP contribution in [0.15, 0.2) is 42.5 Å². The first-order valence-corrected chi connectivity index (χ1v) is 7.81. The summed E-state index contributed by atoms with van der Waals surface area (Å²) in [6.45, 7) is 5.68. The van der Waals surface area contributed by atoms with E-state index in [1.165, 1.54) is 0 Å². The third-order valence-electron chi connectivity index (χ3n) is 3.71. The van der Waals surface area contributed by atoms with Gasteiger partial charge in [-0.25, -0.2) is 4.79 Å². The molecule has 126 valence electrons. The van der Waals surface area contributed by atoms with E-state index >= 15 is 0 Å². The molecule has 5 nitrogen and oxygen atoms in total. The first-order chi connectivity index (χ1) is 11.4. The zero-order valence-corrected chi connectivity index (χ0v) is 14.1. The fourth-order valence-electron chi connectivity index (χ4n) is 2.41. The maximum atomic E-state index is 12.1. The number of hydrogen-bond donors (Lipinski definition) is 2. The van der Waals surface area contributed by atoms with Crippen LogP contribution in [0, 0.1) is 6.92 Å². The first-order valence-electron chi connectivity index (χ1n) is 7.81. The fraction of sp³-hybridized carbons (Fsp3) is 0.263. The molecule has 0 atom stereocenters. The van der Waals surface area contributed by atoms with Crippen LogP contribution in [0.25, 0.3) is 0 Å². The van der Waals surface area contributed by atoms with Crippen LogP contribution < -0.4 is 11.1 Å². The number of esters is 1. The molecule has 2 aromatic rings. The Kier molecular flexibility index (Phi) is 5.58. The minimum atomic E-state index is -0.614. The molecule has 3 N–H and O–H groups in total. The predicted octanol–water partition coefficient (Wildman–Crippen LogP) is 3.50. The smallest absolute Gasteiger partial charge is 0.340 e. The van der Waals surface area contributed by atoms with E-state index in [9.17, 15) is 9.59 Å². The molecule has 0 bridgehead atoms. The zero-order valence-electron chi connectivity index (χ0n) is 14.1. The minimum Gasteiger partial charge on any atom is -0.452 e. The topological polar surface area (TPSA) is 81.4 Å². The maximum Gasteiger partial charge on any atom is 0.340 e. The molecule has 0 aromatic heterocycles. The molecule has 0 saturated heterocycles. The number of ether oxygens (including phenoxy) is 1. The molecule has 0 saturated carbocycles. The lowest BCUT2D eigenvalue weighted by atomic mass is 9.98. The number of nitrogen functional groups attached to an aromatic ring is 1. The van der Waals surface area contributed by atoms with E-state index in [1.54, 1.807) is 24.3 Å². The van der Waals surface area contributed by atoms with E-state index in [4.69, 9.17) is 10.5 Å². The van der Waals surface area contributed by atoms with E-state index in [-0.39, 0.29) is 24.0 Å². The number of rotatable bonds is 5. The second-order valence-corrected chi connectivity index (χ2v) is 5.91. The van der Waals surface area contributed by atoms with Crippen LogP contribution in [0.4, 0.5) is 11.4 Å². The van der Waals surface area contributed by atoms with Crippen molar-refractivity contribution in [3.63, 3.8) is 0 Å². The summed E-state index contributed by atoms with van der Waals surface area (Å²) in [6, 6.07) is 12.5. The highest BCUT2D eigenvalue weighted by molar-refractivity contribution is 5.98. The normalized spacial score (nSPS) is 10.5. The Labute approximate surface area is 141 Å². The fourth-order valence-corrected chi connectivity index (χ4v) is 2.41. The van der Waals surface area contributed by atoms with Crippen molar-refractivity contribution in [2.24, 2.45) is 0 Å². The Morgan fingerprint density at radius 2 is 1.83 bits per heavy atom. The van der Waals surface area contributed by atoms with Crippen LogP contribution in [-0.4, -0.2) is 18.5 Å². The lowest BCUT2D eigenvalue weighted by Crippen LogP contribution is -2.22. The number of nitrogens with one attached hydrogen (secondary N) is 1. The van der Waals surface area contributed by atoms with E-state index in [0.717, 1.165) is 16.8 Å². The van der Waals surface area contributed by atoms with Crippen LogP contribution in [0.2, 0.25) is 0 Å². The zero-order chi connectivity index (χ0) is 17.7. The molecule has 1 amide bonds. The summed E-state index contributed by atoms with van der Waals surface area (Å²) in [5.41, 5.74) is 9.08. The highest BCUT2D eigenvalue weighted by Crippen LogP contribution is 2.27. The summed E-state index contributed by atoms with van der Waals surface area (Å²) < 4.78 is 5.05. The number of hydrogen-bond acceptors (Lipinski definition) is 4. The van der Waals surface area contributed by atoms with Crippen molar-refractivity contribution >= 4 is 23.3 Å². The number of anilines is 2. The number of carbonyl (C=O) groups is 2. The van der Waals surface area contributed by atoms with Gasteiger partial charge >= 0.3 is 5.97 Å². The second-order valence-electron chi connectivity index (χ2n) is 5.91. The van der Waals surface area contributed by atoms with Crippen LogP contribution in [-0.2, 0) is 9.53 Å². The molecule has 0 aliphatic rings. The van der Waals surface area contributed by atoms with Gasteiger partial charge in [-0.15, -0.1) is 0 Å². The van der Waals surface area contributed by atoms with E-state index < -0.39 is 5.97 Å². The predicted molar refractivity (Wildman–Crippen MR) is 95.0 cm³/mol. The Morgan fingerprint density at radius 3 is 2.50 bits per heavy atom. The van der Waals surface area contributed by atoms with Gasteiger partial charge in [0, 0.05) is 11.4 Å². The highest BCUT2D eigenvalue weighted by atomic mass is 16.5. The monoisotopic (exact) mass is 326 g/mol. The van der Waals surface area contributed by atoms with Crippen molar-refractivity contribution < 1.29 is 14.3 Å². The summed E-state index contributed by atoms with van der Waals surface area (Å²) in [7, 11) is 0. The summed E-state index contributed by atoms with van der Waals surface area (Å²) in [5.74, 6) is -0.724. The molecule has 2 aromatic carbocycles. The molecule has 0 unspecified atom stereocenters. The van der Waals surface area contributed by atoms with Crippen LogP contribution in [0.3, 0.4) is 0 Å². The van der Waals surface area contributed by atoms with Gasteiger partial charge in [0.1, 0.15) is 0 Å². The summed E-state index contributed by atoms with van der Waals surface area (Å²) in [4.78, 5) is 24.1. The number of para-hydroxylation sites is 2. The lowest BCUT2D eigenvalue weighted by molar-refractivity contribution is -0.119. The SMILES string of the molecule is Cc1cccc(C(C)C)c1NC(=O)COC(=O)c1ccccc1N. The molecule has 0 aliphatic heterocycles. The van der Waals surface area contributed by atoms with E-state index in [1.807, 2.05) is 25.1 Å². The third kappa shape index (κ3) is 4.13. The highest BCUT2D eigenvalue weighted by Gasteiger charge is 2.15. The summed E-state index contributed by atoms with van der Waals surface area (Å²) in [5, 5.41) is 2.83. The number of nitrogens with two attached hydrogens (primary N) is 1. The first kappa shape index (κ1) is 17.5. The summed E-state index contributed by atoms with van der Waals surface area (Å²) in [6.07, 6.45) is 0. The van der Waals surface area contributed by atoms with Crippen molar-refractivity contribution in [2.45, 2.75) is 26.7 Å². The Morgan fingerprint density at radius 1 is 1.12 bits per heavy atom.